The molecule has 0 aliphatic heterocycles. The summed E-state index contributed by atoms with van der Waals surface area (Å²) < 4.78 is 4.87. The van der Waals surface area contributed by atoms with E-state index >= 15 is 0 Å². The summed E-state index contributed by atoms with van der Waals surface area (Å²) in [6.07, 6.45) is 0. The maximum atomic E-state index is 5.24. The quantitative estimate of drug-likeness (QED) is 0.168. The van der Waals surface area contributed by atoms with Gasteiger partial charge < -0.3 is 4.57 Å². The van der Waals surface area contributed by atoms with Gasteiger partial charge in [0.2, 0.25) is 0 Å². The molecule has 0 bridgehead atoms. The van der Waals surface area contributed by atoms with Crippen molar-refractivity contribution in [3.63, 3.8) is 0 Å². The first-order valence-electron chi connectivity index (χ1n) is 21.6. The van der Waals surface area contributed by atoms with Gasteiger partial charge in [0.1, 0.15) is 0 Å². The lowest BCUT2D eigenvalue weighted by Gasteiger charge is -2.11. The molecule has 10 aromatic carbocycles. The zero-order valence-electron chi connectivity index (χ0n) is 34.5. The lowest BCUT2D eigenvalue weighted by molar-refractivity contribution is 1.08. The van der Waals surface area contributed by atoms with E-state index < -0.39 is 0 Å². The molecule has 5 heteroatoms. The van der Waals surface area contributed by atoms with Crippen LogP contribution in [-0.2, 0) is 0 Å². The van der Waals surface area contributed by atoms with Crippen LogP contribution >= 0.6 is 11.3 Å². The largest absolute Gasteiger partial charge is 0.309 e. The molecule has 0 saturated heterocycles. The fourth-order valence-electron chi connectivity index (χ4n) is 9.60. The molecule has 13 rings (SSSR count). The van der Waals surface area contributed by atoms with Crippen LogP contribution in [0.15, 0.2) is 218 Å². The minimum absolute atomic E-state index is 0.639. The van der Waals surface area contributed by atoms with E-state index in [0.29, 0.717) is 17.5 Å². The van der Waals surface area contributed by atoms with E-state index in [1.165, 1.54) is 69.3 Å². The number of rotatable bonds is 6. The van der Waals surface area contributed by atoms with Gasteiger partial charge in [0, 0.05) is 58.7 Å². The van der Waals surface area contributed by atoms with Crippen LogP contribution in [0.1, 0.15) is 0 Å². The zero-order chi connectivity index (χ0) is 42.1. The predicted octanol–water partition coefficient (Wildman–Crippen LogP) is 16.0. The Bertz CT molecular complexity index is 3930. The van der Waals surface area contributed by atoms with Gasteiger partial charge in [-0.3, -0.25) is 0 Å². The fraction of sp³-hybridized carbons (Fsp3) is 0. The molecule has 64 heavy (non-hydrogen) atoms. The molecule has 0 unspecified atom stereocenters. The molecule has 0 fully saturated rings. The van der Waals surface area contributed by atoms with Gasteiger partial charge in [-0.15, -0.1) is 11.3 Å². The van der Waals surface area contributed by atoms with E-state index in [-0.39, 0.29) is 0 Å². The first-order valence-corrected chi connectivity index (χ1v) is 22.4. The normalized spacial score (nSPS) is 11.8. The summed E-state index contributed by atoms with van der Waals surface area (Å²) in [5.74, 6) is 1.94. The van der Waals surface area contributed by atoms with Crippen LogP contribution in [0, 0.1) is 0 Å². The number of thiophene rings is 1. The predicted molar refractivity (Wildman–Crippen MR) is 269 cm³/mol. The summed E-state index contributed by atoms with van der Waals surface area (Å²) in [5, 5.41) is 9.86. The van der Waals surface area contributed by atoms with Gasteiger partial charge in [-0.1, -0.05) is 194 Å². The molecule has 4 nitrogen and oxygen atoms in total. The van der Waals surface area contributed by atoms with Gasteiger partial charge in [0.25, 0.3) is 0 Å². The van der Waals surface area contributed by atoms with E-state index in [4.69, 9.17) is 15.0 Å². The van der Waals surface area contributed by atoms with E-state index in [9.17, 15) is 0 Å². The molecule has 0 spiro atoms. The third-order valence-electron chi connectivity index (χ3n) is 12.7. The smallest absolute Gasteiger partial charge is 0.164 e. The highest BCUT2D eigenvalue weighted by atomic mass is 32.1. The van der Waals surface area contributed by atoms with E-state index in [0.717, 1.165) is 38.9 Å². The van der Waals surface area contributed by atoms with Gasteiger partial charge in [-0.2, -0.15) is 0 Å². The third-order valence-corrected chi connectivity index (χ3v) is 13.8. The summed E-state index contributed by atoms with van der Waals surface area (Å²) >= 11 is 1.81. The second kappa shape index (κ2) is 14.7. The fourth-order valence-corrected chi connectivity index (χ4v) is 10.8. The van der Waals surface area contributed by atoms with Crippen LogP contribution in [0.2, 0.25) is 0 Å². The third kappa shape index (κ3) is 5.93. The van der Waals surface area contributed by atoms with Crippen molar-refractivity contribution >= 4 is 74.9 Å². The number of benzene rings is 10. The van der Waals surface area contributed by atoms with Crippen LogP contribution in [0.4, 0.5) is 0 Å². The molecule has 0 N–H and O–H groups in total. The minimum atomic E-state index is 0.639. The van der Waals surface area contributed by atoms with Crippen molar-refractivity contribution in [1.82, 2.24) is 19.5 Å². The van der Waals surface area contributed by atoms with Gasteiger partial charge in [-0.05, 0) is 62.7 Å². The summed E-state index contributed by atoms with van der Waals surface area (Å²) in [5.41, 5.74) is 11.1. The van der Waals surface area contributed by atoms with E-state index in [1.807, 2.05) is 35.6 Å². The van der Waals surface area contributed by atoms with Crippen molar-refractivity contribution in [3.05, 3.63) is 218 Å². The highest BCUT2D eigenvalue weighted by molar-refractivity contribution is 7.26. The molecule has 0 aliphatic carbocycles. The van der Waals surface area contributed by atoms with Crippen molar-refractivity contribution < 1.29 is 0 Å². The van der Waals surface area contributed by atoms with Gasteiger partial charge in [0.05, 0.1) is 11.0 Å². The van der Waals surface area contributed by atoms with Crippen LogP contribution in [0.3, 0.4) is 0 Å². The van der Waals surface area contributed by atoms with Crippen molar-refractivity contribution in [1.29, 1.82) is 0 Å². The Morgan fingerprint density at radius 3 is 1.56 bits per heavy atom. The van der Waals surface area contributed by atoms with Crippen molar-refractivity contribution in [2.75, 3.05) is 0 Å². The van der Waals surface area contributed by atoms with Crippen LogP contribution < -0.4 is 0 Å². The Balaban J connectivity index is 0.946. The van der Waals surface area contributed by atoms with Gasteiger partial charge in [0.15, 0.2) is 17.5 Å². The molecule has 13 aromatic rings. The molecular formula is C59H36N4S. The standard InChI is InChI=1S/C59H36N4S/c1-3-12-37(13-4-1)38-22-24-39(25-23-38)40-26-28-44(29-27-40)58-60-57(43-16-5-2-6-17-43)61-59(62-58)50-20-11-21-52-55(50)48-34-32-45(36-53(48)64-52)63-51-35-31-41-14-7-9-18-46(41)54(51)49-33-30-42-15-8-10-19-47(42)56(49)63/h1-36H. The molecule has 0 saturated carbocycles. The van der Waals surface area contributed by atoms with Crippen molar-refractivity contribution in [2.45, 2.75) is 0 Å². The molecule has 3 aromatic heterocycles. The number of aromatic nitrogens is 4. The molecule has 298 valence electrons. The molecule has 0 atom stereocenters. The lowest BCUT2D eigenvalue weighted by atomic mass is 9.99. The molecule has 0 aliphatic rings. The Kier molecular flexibility index (Phi) is 8.36. The van der Waals surface area contributed by atoms with Crippen LogP contribution in [-0.4, -0.2) is 19.5 Å². The highest BCUT2D eigenvalue weighted by Crippen LogP contribution is 2.44. The summed E-state index contributed by atoms with van der Waals surface area (Å²) in [6.45, 7) is 0. The van der Waals surface area contributed by atoms with E-state index in [1.54, 1.807) is 0 Å². The average Bonchev–Trinajstić information content (AvgIpc) is 3.93. The highest BCUT2D eigenvalue weighted by Gasteiger charge is 2.20. The monoisotopic (exact) mass is 832 g/mol. The van der Waals surface area contributed by atoms with Crippen molar-refractivity contribution in [2.24, 2.45) is 0 Å². The van der Waals surface area contributed by atoms with Gasteiger partial charge >= 0.3 is 0 Å². The first kappa shape index (κ1) is 36.4. The van der Waals surface area contributed by atoms with Crippen molar-refractivity contribution in [3.8, 4) is 62.1 Å². The average molecular weight is 833 g/mol. The Labute approximate surface area is 373 Å². The number of fused-ring (bicyclic) bond motifs is 10. The molecule has 3 heterocycles. The zero-order valence-corrected chi connectivity index (χ0v) is 35.3. The first-order chi connectivity index (χ1) is 31.7. The Hall–Kier alpha value is -8.25. The SMILES string of the molecule is c1ccc(-c2ccc(-c3ccc(-c4nc(-c5ccccc5)nc(-c5cccc6sc7cc(-n8c9ccc%10ccccc%10c9c9ccc%10ccccc%10c98)ccc7c56)n4)cc3)cc2)cc1. The maximum absolute atomic E-state index is 5.24. The second-order valence-electron chi connectivity index (χ2n) is 16.4. The van der Waals surface area contributed by atoms with E-state index in [2.05, 4.69) is 199 Å². The number of hydrogen-bond acceptors (Lipinski definition) is 4. The summed E-state index contributed by atoms with van der Waals surface area (Å²) in [4.78, 5) is 15.5. The molecule has 0 amide bonds. The summed E-state index contributed by atoms with van der Waals surface area (Å²) in [7, 11) is 0. The topological polar surface area (TPSA) is 43.6 Å². The Morgan fingerprint density at radius 1 is 0.328 bits per heavy atom. The lowest BCUT2D eigenvalue weighted by Crippen LogP contribution is -2.00. The molecule has 0 radical (unpaired) electrons. The Morgan fingerprint density at radius 2 is 0.859 bits per heavy atom. The second-order valence-corrected chi connectivity index (χ2v) is 17.4. The maximum Gasteiger partial charge on any atom is 0.164 e. The summed E-state index contributed by atoms with van der Waals surface area (Å²) in [6, 6.07) is 78.0. The van der Waals surface area contributed by atoms with Crippen LogP contribution in [0.25, 0.3) is 126 Å². The number of nitrogens with zero attached hydrogens (tertiary/aromatic N) is 4. The van der Waals surface area contributed by atoms with Gasteiger partial charge in [-0.25, -0.2) is 15.0 Å². The van der Waals surface area contributed by atoms with Crippen LogP contribution in [0.5, 0.6) is 0 Å². The molecular weight excluding hydrogens is 797 g/mol. The number of hydrogen-bond donors (Lipinski definition) is 0. The minimum Gasteiger partial charge on any atom is -0.309 e.